The number of rotatable bonds is 3. The highest BCUT2D eigenvalue weighted by Gasteiger charge is 2.38. The van der Waals surface area contributed by atoms with Crippen molar-refractivity contribution in [2.24, 2.45) is 5.41 Å². The van der Waals surface area contributed by atoms with Crippen LogP contribution in [0.3, 0.4) is 0 Å². The first-order chi connectivity index (χ1) is 5.35. The van der Waals surface area contributed by atoms with Crippen LogP contribution < -0.4 is 5.32 Å². The SMILES string of the molecule is N#CC1(CNC2CC2)CCC1. The van der Waals surface area contributed by atoms with Gasteiger partial charge in [-0.1, -0.05) is 6.42 Å². The fraction of sp³-hybridized carbons (Fsp3) is 0.889. The fourth-order valence-corrected chi connectivity index (χ4v) is 1.56. The van der Waals surface area contributed by atoms with E-state index in [1.54, 1.807) is 0 Å². The second kappa shape index (κ2) is 2.49. The standard InChI is InChI=1S/C9H14N2/c10-6-9(4-1-5-9)7-11-8-2-3-8/h8,11H,1-5,7H2. The van der Waals surface area contributed by atoms with Crippen LogP contribution in [-0.2, 0) is 0 Å². The molecule has 0 saturated heterocycles. The molecule has 0 bridgehead atoms. The maximum atomic E-state index is 8.88. The van der Waals surface area contributed by atoms with Gasteiger partial charge in [-0.25, -0.2) is 0 Å². The molecule has 2 nitrogen and oxygen atoms in total. The van der Waals surface area contributed by atoms with Crippen LogP contribution in [0, 0.1) is 16.7 Å². The monoisotopic (exact) mass is 150 g/mol. The lowest BCUT2D eigenvalue weighted by molar-refractivity contribution is 0.206. The number of nitrogens with zero attached hydrogens (tertiary/aromatic N) is 1. The molecule has 0 spiro atoms. The van der Waals surface area contributed by atoms with E-state index in [0.717, 1.165) is 25.4 Å². The second-order valence-corrected chi connectivity index (χ2v) is 3.90. The number of hydrogen-bond donors (Lipinski definition) is 1. The minimum absolute atomic E-state index is 0.0303. The van der Waals surface area contributed by atoms with Crippen LogP contribution >= 0.6 is 0 Å². The van der Waals surface area contributed by atoms with Gasteiger partial charge in [0.25, 0.3) is 0 Å². The molecule has 0 radical (unpaired) electrons. The van der Waals surface area contributed by atoms with Crippen molar-refractivity contribution in [2.45, 2.75) is 38.1 Å². The van der Waals surface area contributed by atoms with Crippen molar-refractivity contribution in [3.8, 4) is 6.07 Å². The third-order valence-corrected chi connectivity index (χ3v) is 2.85. The van der Waals surface area contributed by atoms with Gasteiger partial charge in [-0.15, -0.1) is 0 Å². The Hall–Kier alpha value is -0.550. The Bertz CT molecular complexity index is 184. The van der Waals surface area contributed by atoms with Crippen molar-refractivity contribution in [1.82, 2.24) is 5.32 Å². The van der Waals surface area contributed by atoms with Gasteiger partial charge in [0.15, 0.2) is 0 Å². The average Bonchev–Trinajstić information content (AvgIpc) is 2.70. The molecule has 2 aliphatic rings. The van der Waals surface area contributed by atoms with E-state index >= 15 is 0 Å². The first-order valence-corrected chi connectivity index (χ1v) is 4.49. The molecule has 0 unspecified atom stereocenters. The zero-order valence-electron chi connectivity index (χ0n) is 6.77. The second-order valence-electron chi connectivity index (χ2n) is 3.90. The zero-order valence-corrected chi connectivity index (χ0v) is 6.77. The van der Waals surface area contributed by atoms with Gasteiger partial charge in [0.2, 0.25) is 0 Å². The van der Waals surface area contributed by atoms with Gasteiger partial charge in [0, 0.05) is 12.6 Å². The highest BCUT2D eigenvalue weighted by Crippen LogP contribution is 2.40. The summed E-state index contributed by atoms with van der Waals surface area (Å²) in [6.45, 7) is 0.939. The zero-order chi connectivity index (χ0) is 7.73. The van der Waals surface area contributed by atoms with E-state index in [2.05, 4.69) is 11.4 Å². The Balaban J connectivity index is 1.78. The molecular formula is C9H14N2. The first kappa shape index (κ1) is 7.12. The summed E-state index contributed by atoms with van der Waals surface area (Å²) in [4.78, 5) is 0. The molecule has 60 valence electrons. The van der Waals surface area contributed by atoms with Crippen molar-refractivity contribution >= 4 is 0 Å². The van der Waals surface area contributed by atoms with E-state index in [0.29, 0.717) is 0 Å². The summed E-state index contributed by atoms with van der Waals surface area (Å²) in [5.74, 6) is 0. The first-order valence-electron chi connectivity index (χ1n) is 4.49. The van der Waals surface area contributed by atoms with Crippen molar-refractivity contribution in [2.75, 3.05) is 6.54 Å². The van der Waals surface area contributed by atoms with Crippen molar-refractivity contribution in [3.05, 3.63) is 0 Å². The van der Waals surface area contributed by atoms with Gasteiger partial charge in [-0.3, -0.25) is 0 Å². The van der Waals surface area contributed by atoms with Crippen LogP contribution in [-0.4, -0.2) is 12.6 Å². The largest absolute Gasteiger partial charge is 0.312 e. The van der Waals surface area contributed by atoms with Crippen LogP contribution in [0.4, 0.5) is 0 Å². The highest BCUT2D eigenvalue weighted by molar-refractivity contribution is 5.06. The summed E-state index contributed by atoms with van der Waals surface area (Å²) in [5, 5.41) is 12.3. The molecule has 2 rings (SSSR count). The van der Waals surface area contributed by atoms with Gasteiger partial charge in [-0.05, 0) is 25.7 Å². The number of nitriles is 1. The predicted octanol–water partition coefficient (Wildman–Crippen LogP) is 1.43. The van der Waals surface area contributed by atoms with E-state index in [-0.39, 0.29) is 5.41 Å². The minimum Gasteiger partial charge on any atom is -0.312 e. The van der Waals surface area contributed by atoms with E-state index in [1.807, 2.05) is 0 Å². The summed E-state index contributed by atoms with van der Waals surface area (Å²) < 4.78 is 0. The average molecular weight is 150 g/mol. The molecule has 2 aliphatic carbocycles. The summed E-state index contributed by atoms with van der Waals surface area (Å²) in [6, 6.07) is 3.19. The number of nitrogens with one attached hydrogen (secondary N) is 1. The molecule has 0 aliphatic heterocycles. The normalized spacial score (nSPS) is 27.2. The molecule has 0 aromatic carbocycles. The summed E-state index contributed by atoms with van der Waals surface area (Å²) in [7, 11) is 0. The predicted molar refractivity (Wildman–Crippen MR) is 42.9 cm³/mol. The summed E-state index contributed by atoms with van der Waals surface area (Å²) in [6.07, 6.45) is 6.12. The molecule has 0 aromatic heterocycles. The highest BCUT2D eigenvalue weighted by atomic mass is 15.0. The molecule has 11 heavy (non-hydrogen) atoms. The Morgan fingerprint density at radius 2 is 2.18 bits per heavy atom. The Labute approximate surface area is 67.6 Å². The van der Waals surface area contributed by atoms with Crippen molar-refractivity contribution in [1.29, 1.82) is 5.26 Å². The molecule has 0 atom stereocenters. The van der Waals surface area contributed by atoms with E-state index in [9.17, 15) is 0 Å². The Morgan fingerprint density at radius 3 is 2.55 bits per heavy atom. The van der Waals surface area contributed by atoms with Gasteiger partial charge in [-0.2, -0.15) is 5.26 Å². The van der Waals surface area contributed by atoms with Crippen LogP contribution in [0.5, 0.6) is 0 Å². The maximum absolute atomic E-state index is 8.88. The van der Waals surface area contributed by atoms with Gasteiger partial charge >= 0.3 is 0 Å². The van der Waals surface area contributed by atoms with Gasteiger partial charge in [0.05, 0.1) is 11.5 Å². The third kappa shape index (κ3) is 1.39. The Morgan fingerprint density at radius 1 is 1.45 bits per heavy atom. The quantitative estimate of drug-likeness (QED) is 0.660. The molecule has 2 heteroatoms. The maximum Gasteiger partial charge on any atom is 0.0703 e. The molecule has 0 heterocycles. The molecule has 0 amide bonds. The lowest BCUT2D eigenvalue weighted by Crippen LogP contribution is -2.39. The Kier molecular flexibility index (Phi) is 1.61. The minimum atomic E-state index is 0.0303. The lowest BCUT2D eigenvalue weighted by atomic mass is 9.70. The van der Waals surface area contributed by atoms with E-state index in [4.69, 9.17) is 5.26 Å². The summed E-state index contributed by atoms with van der Waals surface area (Å²) >= 11 is 0. The van der Waals surface area contributed by atoms with Crippen LogP contribution in [0.25, 0.3) is 0 Å². The van der Waals surface area contributed by atoms with Crippen molar-refractivity contribution < 1.29 is 0 Å². The smallest absolute Gasteiger partial charge is 0.0703 e. The van der Waals surface area contributed by atoms with E-state index in [1.165, 1.54) is 19.3 Å². The van der Waals surface area contributed by atoms with Crippen LogP contribution in [0.15, 0.2) is 0 Å². The fourth-order valence-electron chi connectivity index (χ4n) is 1.56. The molecular weight excluding hydrogens is 136 g/mol. The molecule has 1 N–H and O–H groups in total. The van der Waals surface area contributed by atoms with Gasteiger partial charge < -0.3 is 5.32 Å². The lowest BCUT2D eigenvalue weighted by Gasteiger charge is -2.35. The van der Waals surface area contributed by atoms with Crippen molar-refractivity contribution in [3.63, 3.8) is 0 Å². The van der Waals surface area contributed by atoms with Gasteiger partial charge in [0.1, 0.15) is 0 Å². The van der Waals surface area contributed by atoms with E-state index < -0.39 is 0 Å². The summed E-state index contributed by atoms with van der Waals surface area (Å²) in [5.41, 5.74) is 0.0303. The number of hydrogen-bond acceptors (Lipinski definition) is 2. The molecule has 2 saturated carbocycles. The molecule has 0 aromatic rings. The van der Waals surface area contributed by atoms with Crippen LogP contribution in [0.1, 0.15) is 32.1 Å². The third-order valence-electron chi connectivity index (χ3n) is 2.85. The topological polar surface area (TPSA) is 35.8 Å². The van der Waals surface area contributed by atoms with Crippen LogP contribution in [0.2, 0.25) is 0 Å². The molecule has 2 fully saturated rings.